The molecule has 0 amide bonds. The standard InChI is InChI=1S/C43H76NO7P/c1-3-5-7-9-11-13-15-17-19-20-21-23-25-27-29-31-33-35-38-48-40-42(41-50-52(46,47)49-39-37-44)51-43(45)36-34-32-30-28-26-24-22-18-16-14-12-10-8-6-4-2/h5-8,11-14,17-19,22,42H,3-4,9-10,15-16,20-21,23-41,44H2,1-2H3,(H,46,47)/b7-5-,8-6-,13-11-,14-12-,19-17-,22-18-. The molecule has 0 aromatic carbocycles. The number of carbonyl (C=O) groups is 1. The van der Waals surface area contributed by atoms with Crippen LogP contribution < -0.4 is 5.73 Å². The van der Waals surface area contributed by atoms with Gasteiger partial charge in [0.1, 0.15) is 6.10 Å². The van der Waals surface area contributed by atoms with E-state index in [9.17, 15) is 14.3 Å². The number of hydrogen-bond donors (Lipinski definition) is 2. The smallest absolute Gasteiger partial charge is 0.457 e. The van der Waals surface area contributed by atoms with Gasteiger partial charge in [0.05, 0.1) is 19.8 Å². The zero-order valence-corrected chi connectivity index (χ0v) is 33.9. The maximum absolute atomic E-state index is 12.6. The van der Waals surface area contributed by atoms with Gasteiger partial charge in [0.15, 0.2) is 0 Å². The van der Waals surface area contributed by atoms with E-state index in [0.29, 0.717) is 13.0 Å². The van der Waals surface area contributed by atoms with Gasteiger partial charge in [-0.3, -0.25) is 13.8 Å². The molecule has 0 aliphatic carbocycles. The monoisotopic (exact) mass is 750 g/mol. The fraction of sp³-hybridized carbons (Fsp3) is 0.698. The Labute approximate surface area is 318 Å². The maximum atomic E-state index is 12.6. The molecule has 300 valence electrons. The molecule has 0 aliphatic rings. The van der Waals surface area contributed by atoms with Crippen molar-refractivity contribution in [3.05, 3.63) is 72.9 Å². The second kappa shape index (κ2) is 40.1. The molecule has 0 spiro atoms. The number of allylic oxidation sites excluding steroid dienone is 12. The molecule has 0 bridgehead atoms. The molecule has 8 nitrogen and oxygen atoms in total. The van der Waals surface area contributed by atoms with Crippen molar-refractivity contribution in [2.45, 2.75) is 161 Å². The molecule has 0 aromatic heterocycles. The predicted molar refractivity (Wildman–Crippen MR) is 219 cm³/mol. The van der Waals surface area contributed by atoms with Crippen molar-refractivity contribution < 1.29 is 32.8 Å². The average Bonchev–Trinajstić information content (AvgIpc) is 3.13. The molecule has 2 unspecified atom stereocenters. The topological polar surface area (TPSA) is 117 Å². The van der Waals surface area contributed by atoms with Gasteiger partial charge in [-0.25, -0.2) is 4.57 Å². The van der Waals surface area contributed by atoms with Crippen molar-refractivity contribution in [1.29, 1.82) is 0 Å². The van der Waals surface area contributed by atoms with Gasteiger partial charge in [0.25, 0.3) is 0 Å². The Kier molecular flexibility index (Phi) is 38.5. The minimum Gasteiger partial charge on any atom is -0.457 e. The third-order valence-corrected chi connectivity index (χ3v) is 9.10. The first-order chi connectivity index (χ1) is 25.4. The Morgan fingerprint density at radius 2 is 1.02 bits per heavy atom. The van der Waals surface area contributed by atoms with Crippen molar-refractivity contribution in [1.82, 2.24) is 0 Å². The number of rotatable bonds is 38. The van der Waals surface area contributed by atoms with Crippen molar-refractivity contribution >= 4 is 13.8 Å². The first kappa shape index (κ1) is 49.9. The van der Waals surface area contributed by atoms with E-state index in [4.69, 9.17) is 24.3 Å². The molecule has 0 aromatic rings. The number of esters is 1. The van der Waals surface area contributed by atoms with Gasteiger partial charge in [0, 0.05) is 19.6 Å². The van der Waals surface area contributed by atoms with Crippen molar-refractivity contribution in [3.8, 4) is 0 Å². The van der Waals surface area contributed by atoms with Crippen LogP contribution in [0.5, 0.6) is 0 Å². The van der Waals surface area contributed by atoms with Crippen LogP contribution >= 0.6 is 7.82 Å². The van der Waals surface area contributed by atoms with Crippen LogP contribution in [0.15, 0.2) is 72.9 Å². The minimum atomic E-state index is -4.29. The lowest BCUT2D eigenvalue weighted by atomic mass is 10.1. The first-order valence-electron chi connectivity index (χ1n) is 20.4. The summed E-state index contributed by atoms with van der Waals surface area (Å²) in [5.41, 5.74) is 5.36. The fourth-order valence-electron chi connectivity index (χ4n) is 5.20. The van der Waals surface area contributed by atoms with Crippen LogP contribution in [0.2, 0.25) is 0 Å². The molecule has 0 aliphatic heterocycles. The van der Waals surface area contributed by atoms with E-state index >= 15 is 0 Å². The molecule has 2 atom stereocenters. The van der Waals surface area contributed by atoms with Gasteiger partial charge in [-0.1, -0.05) is 145 Å². The van der Waals surface area contributed by atoms with Crippen LogP contribution in [0.4, 0.5) is 0 Å². The third-order valence-electron chi connectivity index (χ3n) is 8.12. The van der Waals surface area contributed by atoms with Crippen LogP contribution in [0.25, 0.3) is 0 Å². The molecule has 0 fully saturated rings. The molecule has 0 radical (unpaired) electrons. The highest BCUT2D eigenvalue weighted by Gasteiger charge is 2.25. The third kappa shape index (κ3) is 39.2. The largest absolute Gasteiger partial charge is 0.472 e. The normalized spacial score (nSPS) is 14.3. The summed E-state index contributed by atoms with van der Waals surface area (Å²) in [4.78, 5) is 22.4. The number of phosphoric acid groups is 1. The second-order valence-corrected chi connectivity index (χ2v) is 14.5. The first-order valence-corrected chi connectivity index (χ1v) is 21.9. The lowest BCUT2D eigenvalue weighted by Crippen LogP contribution is -2.28. The number of nitrogens with two attached hydrogens (primary N) is 1. The Morgan fingerprint density at radius 1 is 0.577 bits per heavy atom. The lowest BCUT2D eigenvalue weighted by molar-refractivity contribution is -0.154. The highest BCUT2D eigenvalue weighted by molar-refractivity contribution is 7.47. The van der Waals surface area contributed by atoms with E-state index in [2.05, 4.69) is 86.8 Å². The van der Waals surface area contributed by atoms with Crippen LogP contribution in [0.3, 0.4) is 0 Å². The summed E-state index contributed by atoms with van der Waals surface area (Å²) in [6.07, 6.45) is 49.2. The zero-order chi connectivity index (χ0) is 38.1. The van der Waals surface area contributed by atoms with E-state index in [1.807, 2.05) is 0 Å². The number of unbranched alkanes of at least 4 members (excludes halogenated alkanes) is 13. The molecule has 0 rings (SSSR count). The van der Waals surface area contributed by atoms with Crippen LogP contribution in [0, 0.1) is 0 Å². The average molecular weight is 750 g/mol. The van der Waals surface area contributed by atoms with Gasteiger partial charge < -0.3 is 20.1 Å². The van der Waals surface area contributed by atoms with Gasteiger partial charge in [-0.05, 0) is 77.0 Å². The van der Waals surface area contributed by atoms with Crippen LogP contribution in [-0.2, 0) is 27.9 Å². The van der Waals surface area contributed by atoms with Gasteiger partial charge in [0.2, 0.25) is 0 Å². The van der Waals surface area contributed by atoms with Crippen LogP contribution in [-0.4, -0.2) is 49.9 Å². The summed E-state index contributed by atoms with van der Waals surface area (Å²) >= 11 is 0. The van der Waals surface area contributed by atoms with Crippen LogP contribution in [0.1, 0.15) is 155 Å². The molecule has 52 heavy (non-hydrogen) atoms. The number of hydrogen-bond acceptors (Lipinski definition) is 7. The summed E-state index contributed by atoms with van der Waals surface area (Å²) in [5.74, 6) is -0.353. The Hall–Kier alpha value is -2.06. The van der Waals surface area contributed by atoms with Crippen molar-refractivity contribution in [2.24, 2.45) is 5.73 Å². The number of carbonyl (C=O) groups excluding carboxylic acids is 1. The minimum absolute atomic E-state index is 0.0922. The quantitative estimate of drug-likeness (QED) is 0.0277. The van der Waals surface area contributed by atoms with Crippen molar-refractivity contribution in [2.75, 3.05) is 33.0 Å². The summed E-state index contributed by atoms with van der Waals surface area (Å²) in [6, 6.07) is 0. The second-order valence-electron chi connectivity index (χ2n) is 13.1. The van der Waals surface area contributed by atoms with E-state index in [-0.39, 0.29) is 32.3 Å². The zero-order valence-electron chi connectivity index (χ0n) is 33.0. The summed E-state index contributed by atoms with van der Waals surface area (Å²) in [7, 11) is -4.29. The Bertz CT molecular complexity index is 1020. The number of ether oxygens (including phenoxy) is 2. The molecule has 0 heterocycles. The Morgan fingerprint density at radius 3 is 1.52 bits per heavy atom. The van der Waals surface area contributed by atoms with Gasteiger partial charge in [-0.15, -0.1) is 0 Å². The Balaban J connectivity index is 4.10. The highest BCUT2D eigenvalue weighted by Crippen LogP contribution is 2.43. The summed E-state index contributed by atoms with van der Waals surface area (Å²) < 4.78 is 33.4. The van der Waals surface area contributed by atoms with Gasteiger partial charge >= 0.3 is 13.8 Å². The van der Waals surface area contributed by atoms with E-state index in [0.717, 1.165) is 96.3 Å². The van der Waals surface area contributed by atoms with E-state index in [1.165, 1.54) is 38.5 Å². The number of phosphoric ester groups is 1. The molecule has 0 saturated heterocycles. The predicted octanol–water partition coefficient (Wildman–Crippen LogP) is 12.0. The summed E-state index contributed by atoms with van der Waals surface area (Å²) in [6.45, 7) is 4.64. The molecule has 0 saturated carbocycles. The molecular formula is C43H76NO7P. The summed E-state index contributed by atoms with van der Waals surface area (Å²) in [5, 5.41) is 0. The molecular weight excluding hydrogens is 673 g/mol. The maximum Gasteiger partial charge on any atom is 0.472 e. The van der Waals surface area contributed by atoms with E-state index in [1.54, 1.807) is 0 Å². The SMILES string of the molecule is CC/C=C\C/C=C\C/C=C\CCCCCCCCCCOCC(COP(=O)(O)OCCN)OC(=O)CCCCCCC/C=C\C/C=C\C/C=C\CC. The fourth-order valence-corrected chi connectivity index (χ4v) is 5.97. The molecule has 9 heteroatoms. The van der Waals surface area contributed by atoms with Crippen molar-refractivity contribution in [3.63, 3.8) is 0 Å². The highest BCUT2D eigenvalue weighted by atomic mass is 31.2. The van der Waals surface area contributed by atoms with E-state index < -0.39 is 13.9 Å². The van der Waals surface area contributed by atoms with Gasteiger partial charge in [-0.2, -0.15) is 0 Å². The lowest BCUT2D eigenvalue weighted by Gasteiger charge is -2.20. The molecule has 3 N–H and O–H groups in total.